The molecule has 1 heterocycles. The molecule has 0 aliphatic heterocycles. The summed E-state index contributed by atoms with van der Waals surface area (Å²) in [6, 6.07) is 14.6. The number of benzene rings is 3. The molecule has 0 aliphatic rings. The topological polar surface area (TPSA) is 58.6 Å². The Morgan fingerprint density at radius 1 is 1.00 bits per heavy atom. The number of hydrogen-bond acceptors (Lipinski definition) is 4. The lowest BCUT2D eigenvalue weighted by molar-refractivity contribution is 0.475. The predicted octanol–water partition coefficient (Wildman–Crippen LogP) is 6.87. The summed E-state index contributed by atoms with van der Waals surface area (Å²) in [6.45, 7) is 4.11. The van der Waals surface area contributed by atoms with Crippen LogP contribution in [0.3, 0.4) is 0 Å². The summed E-state index contributed by atoms with van der Waals surface area (Å²) < 4.78 is 5.89. The molecule has 0 radical (unpaired) electrons. The van der Waals surface area contributed by atoms with Crippen molar-refractivity contribution < 1.29 is 9.52 Å². The van der Waals surface area contributed by atoms with E-state index >= 15 is 0 Å². The largest absolute Gasteiger partial charge is 0.506 e. The van der Waals surface area contributed by atoms with Crippen molar-refractivity contribution in [3.05, 3.63) is 75.3 Å². The Morgan fingerprint density at radius 3 is 2.46 bits per heavy atom. The molecule has 0 aliphatic carbocycles. The Labute approximate surface area is 172 Å². The summed E-state index contributed by atoms with van der Waals surface area (Å²) in [7, 11) is 0. The van der Waals surface area contributed by atoms with Crippen molar-refractivity contribution in [2.45, 2.75) is 13.8 Å². The number of halogens is 2. The number of phenolic OH excluding ortho intramolecular Hbond substituents is 1. The van der Waals surface area contributed by atoms with Gasteiger partial charge in [0, 0.05) is 22.4 Å². The second-order valence-electron chi connectivity index (χ2n) is 6.55. The van der Waals surface area contributed by atoms with Gasteiger partial charge in [0.15, 0.2) is 5.58 Å². The van der Waals surface area contributed by atoms with Crippen LogP contribution >= 0.6 is 23.2 Å². The fraction of sp³-hybridized carbons (Fsp3) is 0.0909. The first-order valence-electron chi connectivity index (χ1n) is 8.61. The number of oxazole rings is 1. The van der Waals surface area contributed by atoms with E-state index in [-0.39, 0.29) is 10.8 Å². The first-order chi connectivity index (χ1) is 13.4. The molecular weight excluding hydrogens is 395 g/mol. The van der Waals surface area contributed by atoms with Crippen LogP contribution in [0.2, 0.25) is 10.0 Å². The molecule has 1 aromatic heterocycles. The molecular formula is C22H16Cl2N2O2. The van der Waals surface area contributed by atoms with Crippen LogP contribution in [0, 0.1) is 13.8 Å². The lowest BCUT2D eigenvalue weighted by Gasteiger charge is -2.02. The molecule has 0 fully saturated rings. The summed E-state index contributed by atoms with van der Waals surface area (Å²) >= 11 is 11.9. The molecule has 3 aromatic carbocycles. The van der Waals surface area contributed by atoms with Crippen LogP contribution in [-0.4, -0.2) is 16.3 Å². The van der Waals surface area contributed by atoms with Gasteiger partial charge in [-0.3, -0.25) is 4.99 Å². The van der Waals surface area contributed by atoms with E-state index < -0.39 is 0 Å². The molecule has 140 valence electrons. The molecule has 0 bridgehead atoms. The molecule has 4 rings (SSSR count). The van der Waals surface area contributed by atoms with E-state index in [2.05, 4.69) is 23.8 Å². The molecule has 0 spiro atoms. The van der Waals surface area contributed by atoms with Crippen LogP contribution in [0.4, 0.5) is 5.69 Å². The van der Waals surface area contributed by atoms with Gasteiger partial charge in [-0.15, -0.1) is 0 Å². The second kappa shape index (κ2) is 7.30. The van der Waals surface area contributed by atoms with Gasteiger partial charge >= 0.3 is 0 Å². The molecule has 4 aromatic rings. The summed E-state index contributed by atoms with van der Waals surface area (Å²) in [4.78, 5) is 8.94. The van der Waals surface area contributed by atoms with Gasteiger partial charge in [-0.25, -0.2) is 4.98 Å². The average molecular weight is 411 g/mol. The Hall–Kier alpha value is -2.82. The number of nitrogens with zero attached hydrogens (tertiary/aromatic N) is 2. The predicted molar refractivity (Wildman–Crippen MR) is 114 cm³/mol. The third-order valence-corrected chi connectivity index (χ3v) is 5.03. The highest BCUT2D eigenvalue weighted by Crippen LogP contribution is 2.31. The summed E-state index contributed by atoms with van der Waals surface area (Å²) in [6.07, 6.45) is 1.52. The maximum Gasteiger partial charge on any atom is 0.227 e. The molecule has 6 heteroatoms. The third-order valence-electron chi connectivity index (χ3n) is 4.53. The van der Waals surface area contributed by atoms with Crippen molar-refractivity contribution in [1.29, 1.82) is 0 Å². The van der Waals surface area contributed by atoms with Crippen molar-refractivity contribution in [1.82, 2.24) is 4.98 Å². The number of rotatable bonds is 3. The van der Waals surface area contributed by atoms with E-state index in [0.717, 1.165) is 16.7 Å². The number of phenols is 1. The van der Waals surface area contributed by atoms with E-state index in [4.69, 9.17) is 27.6 Å². The standard InChI is InChI=1S/C22H16Cl2N2O2/c1-12-7-19-20(8-13(12)2)28-22(26-19)14-3-5-17(6-4-14)25-11-15-9-16(23)10-18(24)21(15)27/h3-11,27H,1-2H3. The Balaban J connectivity index is 1.61. The fourth-order valence-electron chi connectivity index (χ4n) is 2.82. The molecule has 0 atom stereocenters. The maximum absolute atomic E-state index is 10.00. The van der Waals surface area contributed by atoms with E-state index in [1.54, 1.807) is 6.07 Å². The van der Waals surface area contributed by atoms with Crippen LogP contribution in [0.1, 0.15) is 16.7 Å². The summed E-state index contributed by atoms with van der Waals surface area (Å²) in [5, 5.41) is 10.6. The van der Waals surface area contributed by atoms with Crippen molar-refractivity contribution in [2.75, 3.05) is 0 Å². The van der Waals surface area contributed by atoms with Gasteiger partial charge < -0.3 is 9.52 Å². The number of fused-ring (bicyclic) bond motifs is 1. The van der Waals surface area contributed by atoms with Crippen molar-refractivity contribution in [3.63, 3.8) is 0 Å². The number of aryl methyl sites for hydroxylation is 2. The third kappa shape index (κ3) is 3.61. The van der Waals surface area contributed by atoms with Gasteiger partial charge in [0.2, 0.25) is 5.89 Å². The molecule has 0 saturated carbocycles. The first-order valence-corrected chi connectivity index (χ1v) is 9.36. The van der Waals surface area contributed by atoms with E-state index in [0.29, 0.717) is 22.2 Å². The average Bonchev–Trinajstić information content (AvgIpc) is 3.07. The van der Waals surface area contributed by atoms with Crippen LogP contribution in [0.5, 0.6) is 5.75 Å². The Kier molecular flexibility index (Phi) is 4.84. The van der Waals surface area contributed by atoms with Gasteiger partial charge in [-0.05, 0) is 73.5 Å². The SMILES string of the molecule is Cc1cc2nc(-c3ccc(N=Cc4cc(Cl)cc(Cl)c4O)cc3)oc2cc1C. The second-order valence-corrected chi connectivity index (χ2v) is 7.40. The lowest BCUT2D eigenvalue weighted by atomic mass is 10.1. The molecule has 0 saturated heterocycles. The smallest absolute Gasteiger partial charge is 0.227 e. The Morgan fingerprint density at radius 2 is 1.71 bits per heavy atom. The zero-order chi connectivity index (χ0) is 19.8. The number of aromatic nitrogens is 1. The quantitative estimate of drug-likeness (QED) is 0.374. The van der Waals surface area contributed by atoms with Crippen LogP contribution in [0.25, 0.3) is 22.6 Å². The first kappa shape index (κ1) is 18.5. The van der Waals surface area contributed by atoms with Crippen LogP contribution in [0.15, 0.2) is 57.9 Å². The zero-order valence-electron chi connectivity index (χ0n) is 15.2. The molecule has 28 heavy (non-hydrogen) atoms. The van der Waals surface area contributed by atoms with Crippen molar-refractivity contribution in [2.24, 2.45) is 4.99 Å². The van der Waals surface area contributed by atoms with E-state index in [1.807, 2.05) is 36.4 Å². The monoisotopic (exact) mass is 410 g/mol. The fourth-order valence-corrected chi connectivity index (χ4v) is 3.33. The highest BCUT2D eigenvalue weighted by Gasteiger charge is 2.10. The number of hydrogen-bond donors (Lipinski definition) is 1. The highest BCUT2D eigenvalue weighted by atomic mass is 35.5. The minimum absolute atomic E-state index is 0.0523. The lowest BCUT2D eigenvalue weighted by Crippen LogP contribution is -1.84. The molecule has 0 amide bonds. The van der Waals surface area contributed by atoms with Gasteiger partial charge in [0.25, 0.3) is 0 Å². The highest BCUT2D eigenvalue weighted by molar-refractivity contribution is 6.36. The minimum Gasteiger partial charge on any atom is -0.506 e. The normalized spacial score (nSPS) is 11.6. The molecule has 4 nitrogen and oxygen atoms in total. The minimum atomic E-state index is -0.0523. The maximum atomic E-state index is 10.00. The van der Waals surface area contributed by atoms with Gasteiger partial charge in [-0.1, -0.05) is 23.2 Å². The van der Waals surface area contributed by atoms with Gasteiger partial charge in [0.05, 0.1) is 10.7 Å². The summed E-state index contributed by atoms with van der Waals surface area (Å²) in [5.74, 6) is 0.512. The molecule has 1 N–H and O–H groups in total. The Bertz CT molecular complexity index is 1170. The van der Waals surface area contributed by atoms with Crippen LogP contribution < -0.4 is 0 Å². The summed E-state index contributed by atoms with van der Waals surface area (Å²) in [5.41, 5.74) is 5.99. The number of aliphatic imine (C=N–C) groups is 1. The van der Waals surface area contributed by atoms with Crippen LogP contribution in [-0.2, 0) is 0 Å². The van der Waals surface area contributed by atoms with E-state index in [9.17, 15) is 5.11 Å². The number of aromatic hydroxyl groups is 1. The van der Waals surface area contributed by atoms with Gasteiger partial charge in [-0.2, -0.15) is 0 Å². The van der Waals surface area contributed by atoms with E-state index in [1.165, 1.54) is 23.4 Å². The van der Waals surface area contributed by atoms with Crippen molar-refractivity contribution >= 4 is 46.2 Å². The molecule has 0 unspecified atom stereocenters. The zero-order valence-corrected chi connectivity index (χ0v) is 16.7. The van der Waals surface area contributed by atoms with Gasteiger partial charge in [0.1, 0.15) is 11.3 Å². The van der Waals surface area contributed by atoms with Crippen molar-refractivity contribution in [3.8, 4) is 17.2 Å².